The van der Waals surface area contributed by atoms with Crippen molar-refractivity contribution in [2.24, 2.45) is 4.99 Å². The van der Waals surface area contributed by atoms with Crippen LogP contribution in [0.25, 0.3) is 0 Å². The Bertz CT molecular complexity index is 490. The van der Waals surface area contributed by atoms with E-state index in [-0.39, 0.29) is 24.0 Å². The van der Waals surface area contributed by atoms with Crippen LogP contribution in [-0.2, 0) is 6.54 Å². The highest BCUT2D eigenvalue weighted by Gasteiger charge is 2.14. The summed E-state index contributed by atoms with van der Waals surface area (Å²) in [6, 6.07) is 6.22. The summed E-state index contributed by atoms with van der Waals surface area (Å²) < 4.78 is 5.36. The third kappa shape index (κ3) is 5.83. The summed E-state index contributed by atoms with van der Waals surface area (Å²) in [6.45, 7) is 0.659. The standard InChI is InChI=1S/C16H24ClN3O.HI/c1-18-16(20-14-6-4-3-5-7-14)19-11-12-8-9-13(17)10-15(12)21-2;/h8-10,14H,3-7,11H2,1-2H3,(H2,18,19,20);1H. The molecule has 1 aliphatic carbocycles. The van der Waals surface area contributed by atoms with Crippen molar-refractivity contribution in [2.75, 3.05) is 14.2 Å². The lowest BCUT2D eigenvalue weighted by atomic mass is 9.96. The SMILES string of the molecule is CN=C(NCc1ccc(Cl)cc1OC)NC1CCCCC1.I. The Morgan fingerprint density at radius 3 is 2.68 bits per heavy atom. The number of hydrogen-bond acceptors (Lipinski definition) is 2. The quantitative estimate of drug-likeness (QED) is 0.426. The number of benzene rings is 1. The van der Waals surface area contributed by atoms with E-state index in [1.54, 1.807) is 14.2 Å². The van der Waals surface area contributed by atoms with E-state index in [1.807, 2.05) is 18.2 Å². The zero-order chi connectivity index (χ0) is 15.1. The Balaban J connectivity index is 0.00000242. The molecule has 2 N–H and O–H groups in total. The Morgan fingerprint density at radius 2 is 2.05 bits per heavy atom. The molecule has 0 amide bonds. The van der Waals surface area contributed by atoms with E-state index in [9.17, 15) is 0 Å². The first-order chi connectivity index (χ1) is 10.2. The van der Waals surface area contributed by atoms with Crippen LogP contribution in [0.3, 0.4) is 0 Å². The molecule has 2 rings (SSSR count). The average Bonchev–Trinajstić information content (AvgIpc) is 2.53. The van der Waals surface area contributed by atoms with Crippen LogP contribution in [0.1, 0.15) is 37.7 Å². The van der Waals surface area contributed by atoms with Crippen molar-refractivity contribution in [1.29, 1.82) is 0 Å². The van der Waals surface area contributed by atoms with Gasteiger partial charge in [-0.1, -0.05) is 36.9 Å². The molecule has 0 heterocycles. The van der Waals surface area contributed by atoms with Crippen LogP contribution < -0.4 is 15.4 Å². The lowest BCUT2D eigenvalue weighted by Gasteiger charge is -2.25. The minimum Gasteiger partial charge on any atom is -0.496 e. The molecule has 0 aliphatic heterocycles. The highest BCUT2D eigenvalue weighted by Crippen LogP contribution is 2.23. The second-order valence-electron chi connectivity index (χ2n) is 5.36. The lowest BCUT2D eigenvalue weighted by molar-refractivity contribution is 0.406. The summed E-state index contributed by atoms with van der Waals surface area (Å²) in [5.74, 6) is 1.64. The molecule has 0 bridgehead atoms. The number of halogens is 2. The van der Waals surface area contributed by atoms with E-state index in [4.69, 9.17) is 16.3 Å². The maximum Gasteiger partial charge on any atom is 0.191 e. The van der Waals surface area contributed by atoms with Gasteiger partial charge in [-0.3, -0.25) is 4.99 Å². The molecular weight excluding hydrogens is 413 g/mol. The second kappa shape index (κ2) is 10.2. The number of hydrogen-bond donors (Lipinski definition) is 2. The maximum absolute atomic E-state index is 5.98. The number of nitrogens with zero attached hydrogens (tertiary/aromatic N) is 1. The minimum atomic E-state index is 0. The number of aliphatic imine (C=N–C) groups is 1. The van der Waals surface area contributed by atoms with Gasteiger partial charge in [-0.2, -0.15) is 0 Å². The molecule has 4 nitrogen and oxygen atoms in total. The Hall–Kier alpha value is -0.690. The van der Waals surface area contributed by atoms with Crippen LogP contribution in [0.4, 0.5) is 0 Å². The van der Waals surface area contributed by atoms with E-state index in [0.29, 0.717) is 17.6 Å². The molecule has 0 saturated heterocycles. The topological polar surface area (TPSA) is 45.7 Å². The first-order valence-corrected chi connectivity index (χ1v) is 7.90. The fourth-order valence-corrected chi connectivity index (χ4v) is 2.84. The van der Waals surface area contributed by atoms with Gasteiger partial charge < -0.3 is 15.4 Å². The second-order valence-corrected chi connectivity index (χ2v) is 5.80. The zero-order valence-electron chi connectivity index (χ0n) is 13.2. The predicted octanol–water partition coefficient (Wildman–Crippen LogP) is 3.96. The molecule has 1 aromatic rings. The first kappa shape index (κ1) is 19.4. The van der Waals surface area contributed by atoms with Gasteiger partial charge in [0.05, 0.1) is 7.11 Å². The molecule has 0 radical (unpaired) electrons. The fourth-order valence-electron chi connectivity index (χ4n) is 2.68. The van der Waals surface area contributed by atoms with Crippen molar-refractivity contribution in [3.05, 3.63) is 28.8 Å². The average molecular weight is 438 g/mol. The molecule has 0 unspecified atom stereocenters. The fraction of sp³-hybridized carbons (Fsp3) is 0.562. The van der Waals surface area contributed by atoms with Crippen LogP contribution in [0.15, 0.2) is 23.2 Å². The number of methoxy groups -OCH3 is 1. The third-order valence-electron chi connectivity index (χ3n) is 3.87. The van der Waals surface area contributed by atoms with Crippen LogP contribution in [0.5, 0.6) is 5.75 Å². The molecule has 124 valence electrons. The Morgan fingerprint density at radius 1 is 1.32 bits per heavy atom. The van der Waals surface area contributed by atoms with E-state index in [0.717, 1.165) is 17.3 Å². The number of ether oxygens (including phenoxy) is 1. The van der Waals surface area contributed by atoms with Gasteiger partial charge in [-0.05, 0) is 25.0 Å². The Labute approximate surface area is 155 Å². The van der Waals surface area contributed by atoms with E-state index in [2.05, 4.69) is 15.6 Å². The monoisotopic (exact) mass is 437 g/mol. The molecule has 6 heteroatoms. The van der Waals surface area contributed by atoms with Crippen LogP contribution >= 0.6 is 35.6 Å². The first-order valence-electron chi connectivity index (χ1n) is 7.52. The molecule has 1 saturated carbocycles. The highest BCUT2D eigenvalue weighted by atomic mass is 127. The van der Waals surface area contributed by atoms with Gasteiger partial charge in [0.1, 0.15) is 5.75 Å². The van der Waals surface area contributed by atoms with Crippen LogP contribution in [0.2, 0.25) is 5.02 Å². The summed E-state index contributed by atoms with van der Waals surface area (Å²) in [5, 5.41) is 7.52. The van der Waals surface area contributed by atoms with Crippen molar-refractivity contribution in [3.63, 3.8) is 0 Å². The lowest BCUT2D eigenvalue weighted by Crippen LogP contribution is -2.43. The summed E-state index contributed by atoms with van der Waals surface area (Å²) >= 11 is 5.98. The summed E-state index contributed by atoms with van der Waals surface area (Å²) in [6.07, 6.45) is 6.42. The molecular formula is C16H25ClIN3O. The van der Waals surface area contributed by atoms with Gasteiger partial charge in [-0.25, -0.2) is 0 Å². The summed E-state index contributed by atoms with van der Waals surface area (Å²) in [5.41, 5.74) is 1.06. The normalized spacial score (nSPS) is 15.9. The van der Waals surface area contributed by atoms with Crippen molar-refractivity contribution in [1.82, 2.24) is 10.6 Å². The Kier molecular flexibility index (Phi) is 8.93. The predicted molar refractivity (Wildman–Crippen MR) is 104 cm³/mol. The number of rotatable bonds is 4. The van der Waals surface area contributed by atoms with Crippen LogP contribution in [0, 0.1) is 0 Å². The summed E-state index contributed by atoms with van der Waals surface area (Å²) in [7, 11) is 3.46. The number of nitrogens with one attached hydrogen (secondary N) is 2. The minimum absolute atomic E-state index is 0. The van der Waals surface area contributed by atoms with Crippen LogP contribution in [-0.4, -0.2) is 26.2 Å². The molecule has 0 aromatic heterocycles. The molecule has 0 atom stereocenters. The number of guanidine groups is 1. The molecule has 1 aromatic carbocycles. The summed E-state index contributed by atoms with van der Waals surface area (Å²) in [4.78, 5) is 4.30. The van der Waals surface area contributed by atoms with Crippen molar-refractivity contribution >= 4 is 41.5 Å². The van der Waals surface area contributed by atoms with E-state index < -0.39 is 0 Å². The largest absolute Gasteiger partial charge is 0.496 e. The van der Waals surface area contributed by atoms with Crippen molar-refractivity contribution in [3.8, 4) is 5.75 Å². The van der Waals surface area contributed by atoms with Gasteiger partial charge >= 0.3 is 0 Å². The van der Waals surface area contributed by atoms with Gasteiger partial charge in [0.25, 0.3) is 0 Å². The maximum atomic E-state index is 5.98. The molecule has 22 heavy (non-hydrogen) atoms. The van der Waals surface area contributed by atoms with E-state index in [1.165, 1.54) is 32.1 Å². The van der Waals surface area contributed by atoms with E-state index >= 15 is 0 Å². The smallest absolute Gasteiger partial charge is 0.191 e. The highest BCUT2D eigenvalue weighted by molar-refractivity contribution is 14.0. The van der Waals surface area contributed by atoms with Crippen molar-refractivity contribution < 1.29 is 4.74 Å². The van der Waals surface area contributed by atoms with Gasteiger partial charge in [0.2, 0.25) is 0 Å². The molecule has 1 fully saturated rings. The zero-order valence-corrected chi connectivity index (χ0v) is 16.3. The van der Waals surface area contributed by atoms with Gasteiger partial charge in [0.15, 0.2) is 5.96 Å². The molecule has 0 spiro atoms. The van der Waals surface area contributed by atoms with Gasteiger partial charge in [0, 0.05) is 30.2 Å². The molecule has 1 aliphatic rings. The van der Waals surface area contributed by atoms with Crippen molar-refractivity contribution in [2.45, 2.75) is 44.7 Å². The third-order valence-corrected chi connectivity index (χ3v) is 4.10. The van der Waals surface area contributed by atoms with Gasteiger partial charge in [-0.15, -0.1) is 24.0 Å².